The van der Waals surface area contributed by atoms with Crippen LogP contribution in [0.5, 0.6) is 0 Å². The average Bonchev–Trinajstić information content (AvgIpc) is 2.68. The standard InChI is InChI=1S/C14H16BrNO/c1-16-10-12(14(17)8-4-5-9-15)11-6-2-3-7-13(11)16/h2-3,6-7,10H,4-5,8-9H2,1H3. The number of carbonyl (C=O) groups excluding carboxylic acids is 1. The van der Waals surface area contributed by atoms with E-state index in [4.69, 9.17) is 0 Å². The van der Waals surface area contributed by atoms with Crippen LogP contribution in [0.3, 0.4) is 0 Å². The second kappa shape index (κ2) is 5.50. The van der Waals surface area contributed by atoms with E-state index < -0.39 is 0 Å². The molecule has 2 rings (SSSR count). The van der Waals surface area contributed by atoms with Gasteiger partial charge in [-0.3, -0.25) is 4.79 Å². The summed E-state index contributed by atoms with van der Waals surface area (Å²) in [7, 11) is 1.98. The fourth-order valence-corrected chi connectivity index (χ4v) is 2.48. The number of para-hydroxylation sites is 1. The minimum absolute atomic E-state index is 0.253. The highest BCUT2D eigenvalue weighted by atomic mass is 79.9. The summed E-state index contributed by atoms with van der Waals surface area (Å²) in [5.41, 5.74) is 1.98. The van der Waals surface area contributed by atoms with Crippen LogP contribution in [0.1, 0.15) is 29.6 Å². The lowest BCUT2D eigenvalue weighted by Gasteiger charge is -1.98. The van der Waals surface area contributed by atoms with Gasteiger partial charge in [-0.2, -0.15) is 0 Å². The lowest BCUT2D eigenvalue weighted by atomic mass is 10.1. The lowest BCUT2D eigenvalue weighted by molar-refractivity contribution is 0.0981. The van der Waals surface area contributed by atoms with Crippen molar-refractivity contribution in [2.75, 3.05) is 5.33 Å². The largest absolute Gasteiger partial charge is 0.350 e. The molecule has 0 amide bonds. The van der Waals surface area contributed by atoms with E-state index in [9.17, 15) is 4.79 Å². The molecule has 0 unspecified atom stereocenters. The minimum Gasteiger partial charge on any atom is -0.350 e. The maximum atomic E-state index is 12.1. The molecule has 2 nitrogen and oxygen atoms in total. The van der Waals surface area contributed by atoms with E-state index in [2.05, 4.69) is 15.9 Å². The number of carbonyl (C=O) groups is 1. The number of aromatic nitrogens is 1. The molecule has 1 aromatic heterocycles. The number of unbranched alkanes of at least 4 members (excludes halogenated alkanes) is 1. The normalized spacial score (nSPS) is 10.9. The van der Waals surface area contributed by atoms with Gasteiger partial charge in [-0.05, 0) is 18.9 Å². The Hall–Kier alpha value is -1.09. The quantitative estimate of drug-likeness (QED) is 0.465. The van der Waals surface area contributed by atoms with E-state index >= 15 is 0 Å². The van der Waals surface area contributed by atoms with Crippen molar-refractivity contribution in [1.82, 2.24) is 4.57 Å². The summed E-state index contributed by atoms with van der Waals surface area (Å²) in [6.07, 6.45) is 4.59. The molecule has 2 aromatic rings. The van der Waals surface area contributed by atoms with E-state index in [1.54, 1.807) is 0 Å². The first kappa shape index (κ1) is 12.4. The second-order valence-corrected chi connectivity index (χ2v) is 5.03. The third kappa shape index (κ3) is 2.60. The zero-order valence-corrected chi connectivity index (χ0v) is 11.5. The fourth-order valence-electron chi connectivity index (χ4n) is 2.08. The van der Waals surface area contributed by atoms with Gasteiger partial charge in [0.1, 0.15) is 0 Å². The molecule has 1 aromatic carbocycles. The van der Waals surface area contributed by atoms with Gasteiger partial charge in [0.2, 0.25) is 0 Å². The molecule has 0 aliphatic rings. The summed E-state index contributed by atoms with van der Waals surface area (Å²) >= 11 is 3.38. The van der Waals surface area contributed by atoms with Crippen LogP contribution in [0.25, 0.3) is 10.9 Å². The number of hydrogen-bond donors (Lipinski definition) is 0. The van der Waals surface area contributed by atoms with Crippen LogP contribution < -0.4 is 0 Å². The van der Waals surface area contributed by atoms with Crippen LogP contribution in [-0.2, 0) is 7.05 Å². The Labute approximate surface area is 110 Å². The third-order valence-electron chi connectivity index (χ3n) is 2.98. The number of alkyl halides is 1. The topological polar surface area (TPSA) is 22.0 Å². The summed E-state index contributed by atoms with van der Waals surface area (Å²) in [5, 5.41) is 2.04. The number of halogens is 1. The van der Waals surface area contributed by atoms with Crippen LogP contribution in [0, 0.1) is 0 Å². The van der Waals surface area contributed by atoms with Gasteiger partial charge in [0.25, 0.3) is 0 Å². The first-order valence-electron chi connectivity index (χ1n) is 5.87. The van der Waals surface area contributed by atoms with Gasteiger partial charge in [0.05, 0.1) is 0 Å². The molecule has 0 radical (unpaired) electrons. The van der Waals surface area contributed by atoms with E-state index in [1.807, 2.05) is 42.1 Å². The predicted molar refractivity (Wildman–Crippen MR) is 74.9 cm³/mol. The van der Waals surface area contributed by atoms with Gasteiger partial charge in [0.15, 0.2) is 5.78 Å². The molecule has 0 fully saturated rings. The van der Waals surface area contributed by atoms with Crippen LogP contribution >= 0.6 is 15.9 Å². The predicted octanol–water partition coefficient (Wildman–Crippen LogP) is 3.93. The summed E-state index contributed by atoms with van der Waals surface area (Å²) < 4.78 is 2.02. The zero-order chi connectivity index (χ0) is 12.3. The first-order chi connectivity index (χ1) is 8.24. The molecule has 0 spiro atoms. The third-order valence-corrected chi connectivity index (χ3v) is 3.55. The van der Waals surface area contributed by atoms with Crippen molar-refractivity contribution in [2.45, 2.75) is 19.3 Å². The second-order valence-electron chi connectivity index (χ2n) is 4.24. The number of aryl methyl sites for hydroxylation is 1. The highest BCUT2D eigenvalue weighted by Crippen LogP contribution is 2.22. The van der Waals surface area contributed by atoms with Gasteiger partial charge in [0, 0.05) is 41.5 Å². The Bertz CT molecular complexity index is 530. The molecule has 0 aliphatic heterocycles. The number of hydrogen-bond acceptors (Lipinski definition) is 1. The lowest BCUT2D eigenvalue weighted by Crippen LogP contribution is -1.98. The van der Waals surface area contributed by atoms with Crippen LogP contribution in [0.15, 0.2) is 30.5 Å². The number of ketones is 1. The van der Waals surface area contributed by atoms with E-state index in [-0.39, 0.29) is 5.78 Å². The zero-order valence-electron chi connectivity index (χ0n) is 9.95. The van der Waals surface area contributed by atoms with E-state index in [0.29, 0.717) is 6.42 Å². The Morgan fingerprint density at radius 2 is 2.06 bits per heavy atom. The Morgan fingerprint density at radius 1 is 1.29 bits per heavy atom. The molecular formula is C14H16BrNO. The number of benzene rings is 1. The Balaban J connectivity index is 2.26. The SMILES string of the molecule is Cn1cc(C(=O)CCCCBr)c2ccccc21. The molecule has 0 aliphatic carbocycles. The molecular weight excluding hydrogens is 278 g/mol. The monoisotopic (exact) mass is 293 g/mol. The Kier molecular flexibility index (Phi) is 4.00. The summed E-state index contributed by atoms with van der Waals surface area (Å²) in [4.78, 5) is 12.1. The molecule has 3 heteroatoms. The van der Waals surface area contributed by atoms with Crippen molar-refractivity contribution in [3.63, 3.8) is 0 Å². The van der Waals surface area contributed by atoms with E-state index in [1.165, 1.54) is 0 Å². The maximum Gasteiger partial charge on any atom is 0.165 e. The van der Waals surface area contributed by atoms with Gasteiger partial charge in [-0.25, -0.2) is 0 Å². The average molecular weight is 294 g/mol. The smallest absolute Gasteiger partial charge is 0.165 e. The molecule has 1 heterocycles. The summed E-state index contributed by atoms with van der Waals surface area (Å²) in [6.45, 7) is 0. The Morgan fingerprint density at radius 3 is 2.82 bits per heavy atom. The molecule has 0 bridgehead atoms. The molecule has 90 valence electrons. The number of nitrogens with zero attached hydrogens (tertiary/aromatic N) is 1. The molecule has 0 saturated carbocycles. The van der Waals surface area contributed by atoms with Crippen LogP contribution in [0.4, 0.5) is 0 Å². The first-order valence-corrected chi connectivity index (χ1v) is 6.99. The van der Waals surface area contributed by atoms with Gasteiger partial charge >= 0.3 is 0 Å². The van der Waals surface area contributed by atoms with Gasteiger partial charge < -0.3 is 4.57 Å². The molecule has 0 N–H and O–H groups in total. The maximum absolute atomic E-state index is 12.1. The highest BCUT2D eigenvalue weighted by Gasteiger charge is 2.12. The molecule has 0 atom stereocenters. The summed E-state index contributed by atoms with van der Waals surface area (Å²) in [5.74, 6) is 0.253. The van der Waals surface area contributed by atoms with Crippen molar-refractivity contribution < 1.29 is 4.79 Å². The molecule has 0 saturated heterocycles. The number of Topliss-reactive ketones (excluding diaryl/α,β-unsaturated/α-hetero) is 1. The number of rotatable bonds is 5. The van der Waals surface area contributed by atoms with Crippen LogP contribution in [0.2, 0.25) is 0 Å². The van der Waals surface area contributed by atoms with Crippen LogP contribution in [-0.4, -0.2) is 15.7 Å². The number of fused-ring (bicyclic) bond motifs is 1. The van der Waals surface area contributed by atoms with Gasteiger partial charge in [-0.1, -0.05) is 34.1 Å². The van der Waals surface area contributed by atoms with Crippen molar-refractivity contribution in [2.24, 2.45) is 7.05 Å². The fraction of sp³-hybridized carbons (Fsp3) is 0.357. The van der Waals surface area contributed by atoms with Gasteiger partial charge in [-0.15, -0.1) is 0 Å². The van der Waals surface area contributed by atoms with Crippen molar-refractivity contribution >= 4 is 32.6 Å². The van der Waals surface area contributed by atoms with E-state index in [0.717, 1.165) is 34.6 Å². The van der Waals surface area contributed by atoms with Crippen molar-refractivity contribution in [1.29, 1.82) is 0 Å². The molecule has 17 heavy (non-hydrogen) atoms. The summed E-state index contributed by atoms with van der Waals surface area (Å²) in [6, 6.07) is 8.05. The minimum atomic E-state index is 0.253. The highest BCUT2D eigenvalue weighted by molar-refractivity contribution is 9.09. The van der Waals surface area contributed by atoms with Crippen molar-refractivity contribution in [3.8, 4) is 0 Å². The van der Waals surface area contributed by atoms with Crippen molar-refractivity contribution in [3.05, 3.63) is 36.0 Å².